The monoisotopic (exact) mass is 1140 g/mol. The molecule has 0 unspecified atom stereocenters. The predicted octanol–water partition coefficient (Wildman–Crippen LogP) is 11.1. The van der Waals surface area contributed by atoms with E-state index in [1.165, 1.54) is 13.8 Å². The van der Waals surface area contributed by atoms with Gasteiger partial charge in [0.05, 0.1) is 0 Å². The molecule has 8 aromatic rings. The Balaban J connectivity index is 1.03. The van der Waals surface area contributed by atoms with Gasteiger partial charge in [-0.25, -0.2) is 19.6 Å². The van der Waals surface area contributed by atoms with Gasteiger partial charge < -0.3 is 18.9 Å². The lowest BCUT2D eigenvalue weighted by molar-refractivity contribution is -0.164. The molecule has 0 N–H and O–H groups in total. The Labute approximate surface area is 479 Å². The van der Waals surface area contributed by atoms with Crippen LogP contribution in [0.5, 0.6) is 0 Å². The first-order chi connectivity index (χ1) is 40.2. The molecule has 0 bridgehead atoms. The van der Waals surface area contributed by atoms with Crippen LogP contribution in [-0.4, -0.2) is 69.0 Å². The van der Waals surface area contributed by atoms with Crippen LogP contribution in [0.3, 0.4) is 0 Å². The fraction of sp³-hybridized carbons (Fsp3) is 0.111. The van der Waals surface area contributed by atoms with E-state index in [1.54, 1.807) is 170 Å². The molecule has 4 heterocycles. The summed E-state index contributed by atoms with van der Waals surface area (Å²) in [6.45, 7) is 1.72. The Bertz CT molecular complexity index is 4050. The average molecular weight is 1140 g/mol. The van der Waals surface area contributed by atoms with Gasteiger partial charge >= 0.3 is 24.1 Å². The van der Waals surface area contributed by atoms with Gasteiger partial charge in [0, 0.05) is 20.5 Å². The third kappa shape index (κ3) is 9.94. The van der Waals surface area contributed by atoms with Crippen molar-refractivity contribution in [2.24, 2.45) is 9.98 Å². The molecule has 0 saturated carbocycles. The third-order valence-corrected chi connectivity index (χ3v) is 16.0. The molecule has 406 valence electrons. The van der Waals surface area contributed by atoms with Crippen molar-refractivity contribution in [3.8, 4) is 23.3 Å². The number of imide groups is 6. The number of benzene rings is 6. The van der Waals surface area contributed by atoms with Crippen LogP contribution in [0.15, 0.2) is 190 Å². The Morgan fingerprint density at radius 3 is 1.12 bits per heavy atom. The summed E-state index contributed by atoms with van der Waals surface area (Å²) in [7, 11) is 0. The highest BCUT2D eigenvalue weighted by molar-refractivity contribution is 7.23. The van der Waals surface area contributed by atoms with Gasteiger partial charge in [-0.3, -0.25) is 28.8 Å². The van der Waals surface area contributed by atoms with Crippen LogP contribution in [0.2, 0.25) is 0 Å². The van der Waals surface area contributed by atoms with E-state index < -0.39 is 64.3 Å². The molecule has 3 aliphatic rings. The molecule has 18 nitrogen and oxygen atoms in total. The molecule has 2 aromatic heterocycles. The topological polar surface area (TPSA) is 252 Å². The highest BCUT2D eigenvalue weighted by Gasteiger charge is 2.58. The molecule has 6 aromatic carbocycles. The second-order valence-electron chi connectivity index (χ2n) is 19.0. The van der Waals surface area contributed by atoms with Crippen LogP contribution in [0.25, 0.3) is 31.3 Å². The quantitative estimate of drug-likeness (QED) is 0.0477. The zero-order chi connectivity index (χ0) is 58.1. The van der Waals surface area contributed by atoms with Crippen molar-refractivity contribution in [1.82, 2.24) is 9.80 Å². The summed E-state index contributed by atoms with van der Waals surface area (Å²) in [5, 5.41) is 21.5. The van der Waals surface area contributed by atoms with Crippen molar-refractivity contribution in [1.29, 1.82) is 10.5 Å². The van der Waals surface area contributed by atoms with Crippen LogP contribution in [0, 0.1) is 22.7 Å². The van der Waals surface area contributed by atoms with Crippen molar-refractivity contribution in [2.45, 2.75) is 45.7 Å². The lowest BCUT2D eigenvalue weighted by Crippen LogP contribution is -2.50. The first kappa shape index (κ1) is 54.2. The molecular formula is C63H40N6O12S2. The van der Waals surface area contributed by atoms with Gasteiger partial charge in [0.25, 0.3) is 23.6 Å². The van der Waals surface area contributed by atoms with Gasteiger partial charge in [-0.15, -0.1) is 22.7 Å². The molecule has 83 heavy (non-hydrogen) atoms. The summed E-state index contributed by atoms with van der Waals surface area (Å²) in [4.78, 5) is 123. The lowest BCUT2D eigenvalue weighted by atomic mass is 9.77. The maximum Gasteiger partial charge on any atom is 0.424 e. The van der Waals surface area contributed by atoms with Gasteiger partial charge in [0.1, 0.15) is 71.1 Å². The van der Waals surface area contributed by atoms with E-state index >= 15 is 9.59 Å². The summed E-state index contributed by atoms with van der Waals surface area (Å²) in [5.74, 6) is -6.55. The summed E-state index contributed by atoms with van der Waals surface area (Å²) < 4.78 is 24.0. The maximum atomic E-state index is 15.4. The number of aliphatic imine (C=N–C) groups is 2. The number of ether oxygens (including phenoxy) is 4. The van der Waals surface area contributed by atoms with Gasteiger partial charge in [0.2, 0.25) is 5.41 Å². The normalized spacial score (nSPS) is 15.6. The largest absolute Gasteiger partial charge is 0.459 e. The second kappa shape index (κ2) is 22.4. The number of fused-ring (bicyclic) bond motifs is 5. The number of amides is 6. The summed E-state index contributed by atoms with van der Waals surface area (Å²) in [5.41, 5.74) is -0.643. The number of carbonyl (C=O) groups is 8. The smallest absolute Gasteiger partial charge is 0.424 e. The lowest BCUT2D eigenvalue weighted by Gasteiger charge is -2.28. The number of thiophene rings is 2. The van der Waals surface area contributed by atoms with Crippen molar-refractivity contribution < 1.29 is 57.3 Å². The van der Waals surface area contributed by atoms with Gasteiger partial charge in [-0.1, -0.05) is 121 Å². The molecule has 0 fully saturated rings. The summed E-state index contributed by atoms with van der Waals surface area (Å²) in [6.07, 6.45) is -2.61. The fourth-order valence-electron chi connectivity index (χ4n) is 9.80. The minimum Gasteiger partial charge on any atom is -0.459 e. The molecule has 1 aliphatic carbocycles. The van der Waals surface area contributed by atoms with Gasteiger partial charge in [0.15, 0.2) is 0 Å². The van der Waals surface area contributed by atoms with Crippen LogP contribution < -0.4 is 0 Å². The van der Waals surface area contributed by atoms with Crippen LogP contribution in [0.4, 0.5) is 19.6 Å². The number of rotatable bonds is 12. The average Bonchev–Trinajstić information content (AvgIpc) is 1.68. The van der Waals surface area contributed by atoms with E-state index in [1.807, 2.05) is 0 Å². The summed E-state index contributed by atoms with van der Waals surface area (Å²) >= 11 is 2.19. The second-order valence-corrected chi connectivity index (χ2v) is 21.2. The molecule has 0 radical (unpaired) electrons. The minimum atomic E-state index is -2.32. The highest BCUT2D eigenvalue weighted by Crippen LogP contribution is 2.55. The molecule has 6 amide bonds. The maximum absolute atomic E-state index is 15.4. The SMILES string of the molecule is CC1=C(C#N)C(=O)N(C(=O)OCc2ccccc2)C(=O)C1=Nc1cc2cc3c(cc2s1)-c1cc2sc(N=C4C(=O)N(C(=O)OCc5ccccc5)C(=O)C(C#N)=C4C)cc2cc1C3(C(=O)OCc1ccccc1)C(=O)OCc1ccccc1. The van der Waals surface area contributed by atoms with Crippen molar-refractivity contribution in [3.63, 3.8) is 0 Å². The number of hydrogen-bond donors (Lipinski definition) is 0. The van der Waals surface area contributed by atoms with E-state index in [0.717, 1.165) is 22.7 Å². The van der Waals surface area contributed by atoms with E-state index in [0.29, 0.717) is 53.6 Å². The van der Waals surface area contributed by atoms with Gasteiger partial charge in [-0.2, -0.15) is 20.3 Å². The Kier molecular flexibility index (Phi) is 14.6. The van der Waals surface area contributed by atoms with E-state index in [2.05, 4.69) is 9.98 Å². The predicted molar refractivity (Wildman–Crippen MR) is 304 cm³/mol. The van der Waals surface area contributed by atoms with Gasteiger partial charge in [-0.05, 0) is 106 Å². The molecule has 11 rings (SSSR count). The number of esters is 2. The first-order valence-electron chi connectivity index (χ1n) is 25.4. The van der Waals surface area contributed by atoms with E-state index in [4.69, 9.17) is 18.9 Å². The van der Waals surface area contributed by atoms with E-state index in [9.17, 15) is 39.3 Å². The Morgan fingerprint density at radius 2 is 0.795 bits per heavy atom. The zero-order valence-corrected chi connectivity index (χ0v) is 45.4. The Morgan fingerprint density at radius 1 is 0.470 bits per heavy atom. The summed E-state index contributed by atoms with van der Waals surface area (Å²) in [6, 6.07) is 48.4. The molecule has 0 spiro atoms. The van der Waals surface area contributed by atoms with Crippen LogP contribution in [0.1, 0.15) is 47.2 Å². The van der Waals surface area contributed by atoms with Crippen molar-refractivity contribution in [3.05, 3.63) is 213 Å². The number of nitriles is 2. The highest BCUT2D eigenvalue weighted by atomic mass is 32.1. The van der Waals surface area contributed by atoms with Crippen molar-refractivity contribution in [2.75, 3.05) is 0 Å². The number of hydrogen-bond acceptors (Lipinski definition) is 18. The van der Waals surface area contributed by atoms with Crippen LogP contribution >= 0.6 is 22.7 Å². The molecule has 2 aliphatic heterocycles. The standard InChI is InChI=1S/C63H40N6O12S2/c1-35-45(29-64)55(70)68(61(76)80-33-39-19-11-5-12-20-39)57(72)53(35)66-51-25-41-23-47-43(27-49(41)82-51)44-28-50-42(24-48(44)63(47,59(74)78-31-37-15-7-3-8-16-37)60(75)79-32-38-17-9-4-10-18-38)26-52(83-50)67-54-36(2)46(30-65)56(71)69(58(54)73)62(77)81-34-40-21-13-6-14-22-40/h3-28H,31-34H2,1-2H3. The first-order valence-corrected chi connectivity index (χ1v) is 27.0. The fourth-order valence-corrected chi connectivity index (χ4v) is 11.7. The zero-order valence-electron chi connectivity index (χ0n) is 43.7. The Hall–Kier alpha value is -10.8. The van der Waals surface area contributed by atoms with Crippen LogP contribution in [-0.2, 0) is 79.6 Å². The van der Waals surface area contributed by atoms with Crippen molar-refractivity contribution >= 4 is 112 Å². The third-order valence-electron chi connectivity index (χ3n) is 14.0. The molecular weight excluding hydrogens is 1100 g/mol. The minimum absolute atomic E-state index is 0.0778. The molecule has 20 heteroatoms. The molecule has 0 atom stereocenters. The molecule has 0 saturated heterocycles. The number of carbonyl (C=O) groups excluding carboxylic acids is 8. The van der Waals surface area contributed by atoms with E-state index in [-0.39, 0.29) is 79.9 Å². The number of nitrogens with zero attached hydrogens (tertiary/aromatic N) is 6.